The van der Waals surface area contributed by atoms with Crippen molar-refractivity contribution in [3.63, 3.8) is 0 Å². The minimum Gasteiger partial charge on any atom is -0.456 e. The Balaban J connectivity index is 1.40. The molecule has 0 N–H and O–H groups in total. The number of nitrogens with zero attached hydrogens (tertiary/aromatic N) is 2. The summed E-state index contributed by atoms with van der Waals surface area (Å²) >= 11 is 0. The molecule has 0 unspecified atom stereocenters. The van der Waals surface area contributed by atoms with Crippen LogP contribution in [0, 0.1) is 10.1 Å². The SMILES string of the molecule is O=C1OC(c2ccc(-c3ccccc3)cc2)=N/C1=C\c1ccc(-c2ccccc2[N+](=O)[O-])o1. The average Bonchev–Trinajstić information content (AvgIpc) is 3.47. The van der Waals surface area contributed by atoms with E-state index in [2.05, 4.69) is 4.99 Å². The highest BCUT2D eigenvalue weighted by Gasteiger charge is 2.25. The van der Waals surface area contributed by atoms with Gasteiger partial charge in [0.2, 0.25) is 5.90 Å². The third-order valence-corrected chi connectivity index (χ3v) is 5.13. The first-order chi connectivity index (χ1) is 16.1. The summed E-state index contributed by atoms with van der Waals surface area (Å²) in [5.74, 6) is 0.262. The van der Waals surface area contributed by atoms with Crippen molar-refractivity contribution in [2.75, 3.05) is 0 Å². The Hall–Kier alpha value is -4.78. The zero-order chi connectivity index (χ0) is 22.8. The summed E-state index contributed by atoms with van der Waals surface area (Å²) in [6.07, 6.45) is 1.45. The summed E-state index contributed by atoms with van der Waals surface area (Å²) in [5.41, 5.74) is 3.17. The van der Waals surface area contributed by atoms with Crippen molar-refractivity contribution in [3.8, 4) is 22.5 Å². The van der Waals surface area contributed by atoms with Gasteiger partial charge in [-0.1, -0.05) is 54.6 Å². The molecule has 0 fully saturated rings. The second-order valence-electron chi connectivity index (χ2n) is 7.26. The van der Waals surface area contributed by atoms with Gasteiger partial charge in [-0.05, 0) is 41.5 Å². The second kappa shape index (κ2) is 8.39. The molecule has 0 aliphatic carbocycles. The third kappa shape index (κ3) is 4.07. The molecule has 0 saturated heterocycles. The molecule has 0 spiro atoms. The molecule has 0 amide bonds. The van der Waals surface area contributed by atoms with Gasteiger partial charge >= 0.3 is 5.97 Å². The zero-order valence-corrected chi connectivity index (χ0v) is 17.2. The molecule has 0 atom stereocenters. The summed E-state index contributed by atoms with van der Waals surface area (Å²) in [6.45, 7) is 0. The average molecular weight is 436 g/mol. The van der Waals surface area contributed by atoms with Gasteiger partial charge in [0.1, 0.15) is 11.5 Å². The van der Waals surface area contributed by atoms with Crippen molar-refractivity contribution in [2.45, 2.75) is 0 Å². The molecular weight excluding hydrogens is 420 g/mol. The van der Waals surface area contributed by atoms with Crippen LogP contribution in [0.5, 0.6) is 0 Å². The lowest BCUT2D eigenvalue weighted by Crippen LogP contribution is -2.05. The van der Waals surface area contributed by atoms with Gasteiger partial charge in [0.25, 0.3) is 5.69 Å². The molecule has 0 radical (unpaired) electrons. The molecule has 0 saturated carbocycles. The Morgan fingerprint density at radius 2 is 1.45 bits per heavy atom. The molecule has 33 heavy (non-hydrogen) atoms. The van der Waals surface area contributed by atoms with Crippen LogP contribution >= 0.6 is 0 Å². The quantitative estimate of drug-likeness (QED) is 0.169. The fourth-order valence-corrected chi connectivity index (χ4v) is 3.52. The van der Waals surface area contributed by atoms with Crippen molar-refractivity contribution in [2.24, 2.45) is 4.99 Å². The number of benzene rings is 3. The zero-order valence-electron chi connectivity index (χ0n) is 17.2. The van der Waals surface area contributed by atoms with Gasteiger partial charge in [-0.3, -0.25) is 10.1 Å². The van der Waals surface area contributed by atoms with E-state index in [1.54, 1.807) is 30.3 Å². The first kappa shape index (κ1) is 20.1. The van der Waals surface area contributed by atoms with E-state index in [0.29, 0.717) is 22.6 Å². The highest BCUT2D eigenvalue weighted by Crippen LogP contribution is 2.32. The van der Waals surface area contributed by atoms with E-state index in [0.717, 1.165) is 11.1 Å². The number of nitro benzene ring substituents is 1. The van der Waals surface area contributed by atoms with Crippen LogP contribution in [-0.4, -0.2) is 16.8 Å². The van der Waals surface area contributed by atoms with Gasteiger partial charge < -0.3 is 9.15 Å². The van der Waals surface area contributed by atoms with E-state index in [9.17, 15) is 14.9 Å². The summed E-state index contributed by atoms with van der Waals surface area (Å²) in [6, 6.07) is 27.0. The standard InChI is InChI=1S/C26H16N2O5/c29-26-22(16-20-14-15-24(32-20)21-8-4-5-9-23(21)28(30)31)27-25(33-26)19-12-10-18(11-13-19)17-6-2-1-3-7-17/h1-16H/b22-16-. The Morgan fingerprint density at radius 1 is 0.788 bits per heavy atom. The molecule has 7 nitrogen and oxygen atoms in total. The van der Waals surface area contributed by atoms with Crippen molar-refractivity contribution in [3.05, 3.63) is 118 Å². The molecule has 0 bridgehead atoms. The minimum atomic E-state index is -0.597. The number of ether oxygens (including phenoxy) is 1. The number of carbonyl (C=O) groups is 1. The van der Waals surface area contributed by atoms with Crippen molar-refractivity contribution < 1.29 is 18.9 Å². The Bertz CT molecular complexity index is 1420. The van der Waals surface area contributed by atoms with E-state index >= 15 is 0 Å². The number of hydrogen-bond donors (Lipinski definition) is 0. The maximum atomic E-state index is 12.3. The molecule has 7 heteroatoms. The number of aliphatic imine (C=N–C) groups is 1. The molecule has 3 aromatic carbocycles. The summed E-state index contributed by atoms with van der Waals surface area (Å²) in [7, 11) is 0. The van der Waals surface area contributed by atoms with E-state index in [1.807, 2.05) is 54.6 Å². The first-order valence-corrected chi connectivity index (χ1v) is 10.1. The van der Waals surface area contributed by atoms with Gasteiger partial charge in [-0.25, -0.2) is 9.79 Å². The lowest BCUT2D eigenvalue weighted by Gasteiger charge is -2.03. The van der Waals surface area contributed by atoms with E-state index < -0.39 is 10.9 Å². The monoisotopic (exact) mass is 436 g/mol. The van der Waals surface area contributed by atoms with Gasteiger partial charge in [0, 0.05) is 17.7 Å². The highest BCUT2D eigenvalue weighted by molar-refractivity contribution is 6.12. The Labute approximate surface area is 188 Å². The molecule has 5 rings (SSSR count). The molecule has 4 aromatic rings. The topological polar surface area (TPSA) is 94.9 Å². The van der Waals surface area contributed by atoms with Crippen molar-refractivity contribution in [1.29, 1.82) is 0 Å². The smallest absolute Gasteiger partial charge is 0.363 e. The fourth-order valence-electron chi connectivity index (χ4n) is 3.52. The number of furan rings is 1. The maximum absolute atomic E-state index is 12.3. The molecular formula is C26H16N2O5. The number of carbonyl (C=O) groups excluding carboxylic acids is 1. The highest BCUT2D eigenvalue weighted by atomic mass is 16.6. The van der Waals surface area contributed by atoms with Crippen LogP contribution in [0.25, 0.3) is 28.5 Å². The predicted molar refractivity (Wildman–Crippen MR) is 123 cm³/mol. The number of para-hydroxylation sites is 1. The van der Waals surface area contributed by atoms with Crippen LogP contribution in [0.1, 0.15) is 11.3 Å². The van der Waals surface area contributed by atoms with Crippen LogP contribution < -0.4 is 0 Å². The lowest BCUT2D eigenvalue weighted by molar-refractivity contribution is -0.384. The largest absolute Gasteiger partial charge is 0.456 e. The predicted octanol–water partition coefficient (Wildman–Crippen LogP) is 5.87. The summed E-state index contributed by atoms with van der Waals surface area (Å²) in [4.78, 5) is 27.4. The molecule has 1 aliphatic rings. The van der Waals surface area contributed by atoms with Crippen molar-refractivity contribution in [1.82, 2.24) is 0 Å². The Morgan fingerprint density at radius 3 is 2.21 bits per heavy atom. The second-order valence-corrected chi connectivity index (χ2v) is 7.26. The van der Waals surface area contributed by atoms with Gasteiger partial charge in [0.05, 0.1) is 10.5 Å². The van der Waals surface area contributed by atoms with E-state index in [4.69, 9.17) is 9.15 Å². The third-order valence-electron chi connectivity index (χ3n) is 5.13. The van der Waals surface area contributed by atoms with Gasteiger partial charge in [-0.2, -0.15) is 0 Å². The normalized spacial score (nSPS) is 14.2. The molecule has 160 valence electrons. The maximum Gasteiger partial charge on any atom is 0.363 e. The number of cyclic esters (lactones) is 1. The van der Waals surface area contributed by atoms with Crippen LogP contribution in [0.4, 0.5) is 5.69 Å². The van der Waals surface area contributed by atoms with Crippen LogP contribution in [-0.2, 0) is 9.53 Å². The number of esters is 1. The number of hydrogen-bond acceptors (Lipinski definition) is 6. The first-order valence-electron chi connectivity index (χ1n) is 10.1. The summed E-state index contributed by atoms with van der Waals surface area (Å²) < 4.78 is 11.1. The van der Waals surface area contributed by atoms with Crippen LogP contribution in [0.15, 0.2) is 106 Å². The molecule has 1 aromatic heterocycles. The molecule has 2 heterocycles. The van der Waals surface area contributed by atoms with Crippen molar-refractivity contribution >= 4 is 23.6 Å². The number of rotatable bonds is 5. The lowest BCUT2D eigenvalue weighted by atomic mass is 10.0. The fraction of sp³-hybridized carbons (Fsp3) is 0. The Kier molecular flexibility index (Phi) is 5.12. The minimum absolute atomic E-state index is 0.0643. The van der Waals surface area contributed by atoms with Gasteiger partial charge in [0.15, 0.2) is 5.70 Å². The van der Waals surface area contributed by atoms with E-state index in [-0.39, 0.29) is 17.3 Å². The number of nitro groups is 1. The molecule has 1 aliphatic heterocycles. The van der Waals surface area contributed by atoms with Crippen LogP contribution in [0.2, 0.25) is 0 Å². The van der Waals surface area contributed by atoms with E-state index in [1.165, 1.54) is 12.1 Å². The van der Waals surface area contributed by atoms with Gasteiger partial charge in [-0.15, -0.1) is 0 Å². The summed E-state index contributed by atoms with van der Waals surface area (Å²) in [5, 5.41) is 11.3. The van der Waals surface area contributed by atoms with Crippen LogP contribution in [0.3, 0.4) is 0 Å².